The van der Waals surface area contributed by atoms with Crippen LogP contribution in [0.15, 0.2) is 53.4 Å². The van der Waals surface area contributed by atoms with E-state index < -0.39 is 38.1 Å². The van der Waals surface area contributed by atoms with E-state index in [0.717, 1.165) is 6.26 Å². The number of fused-ring (bicyclic) bond motifs is 1. The number of hydrogen-bond donors (Lipinski definition) is 2. The van der Waals surface area contributed by atoms with E-state index in [1.165, 1.54) is 46.6 Å². The summed E-state index contributed by atoms with van der Waals surface area (Å²) < 4.78 is 59.9. The Hall–Kier alpha value is -2.67. The molecule has 3 atom stereocenters. The number of aliphatic hydroxyl groups excluding tert-OH is 1. The van der Waals surface area contributed by atoms with E-state index in [1.807, 2.05) is 6.92 Å². The van der Waals surface area contributed by atoms with Crippen LogP contribution in [0.2, 0.25) is 0 Å². The molecule has 0 bridgehead atoms. The SMILES string of the molecule is C[C@@H]1CN([C@@H](C)CO)C(=O)c2cccc(NS(C)(=O)=O)c2O[C@H]1CN(C)S(=O)(=O)c1ccccc1. The molecular formula is C23H31N3O7S2. The van der Waals surface area contributed by atoms with Crippen molar-refractivity contribution in [3.8, 4) is 5.75 Å². The zero-order valence-corrected chi connectivity index (χ0v) is 21.7. The fraction of sp³-hybridized carbons (Fsp3) is 0.435. The second-order valence-electron chi connectivity index (χ2n) is 8.78. The number of likely N-dealkylation sites (N-methyl/N-ethyl adjacent to an activating group) is 1. The molecule has 0 aromatic heterocycles. The third-order valence-corrected chi connectivity index (χ3v) is 8.30. The Labute approximate surface area is 206 Å². The monoisotopic (exact) mass is 525 g/mol. The van der Waals surface area contributed by atoms with Crippen LogP contribution in [0.5, 0.6) is 5.75 Å². The van der Waals surface area contributed by atoms with Gasteiger partial charge in [0.1, 0.15) is 6.10 Å². The second-order valence-corrected chi connectivity index (χ2v) is 12.6. The summed E-state index contributed by atoms with van der Waals surface area (Å²) >= 11 is 0. The average molecular weight is 526 g/mol. The van der Waals surface area contributed by atoms with Crippen molar-refractivity contribution in [1.29, 1.82) is 0 Å². The van der Waals surface area contributed by atoms with Crippen LogP contribution in [-0.2, 0) is 20.0 Å². The Morgan fingerprint density at radius 2 is 1.80 bits per heavy atom. The fourth-order valence-corrected chi connectivity index (χ4v) is 5.63. The van der Waals surface area contributed by atoms with Crippen LogP contribution in [-0.4, -0.2) is 82.2 Å². The highest BCUT2D eigenvalue weighted by molar-refractivity contribution is 7.92. The summed E-state index contributed by atoms with van der Waals surface area (Å²) in [7, 11) is -6.08. The number of benzene rings is 2. The molecule has 0 unspecified atom stereocenters. The van der Waals surface area contributed by atoms with Gasteiger partial charge in [-0.2, -0.15) is 4.31 Å². The standard InChI is InChI=1S/C23H31N3O7S2/c1-16-13-26(17(2)15-27)23(28)19-11-8-12-20(24-34(4,29)30)22(19)33-21(16)14-25(3)35(31,32)18-9-6-5-7-10-18/h5-12,16-17,21,24,27H,13-15H2,1-4H3/t16-,17+,21+/m1/s1. The average Bonchev–Trinajstić information content (AvgIpc) is 2.80. The predicted molar refractivity (Wildman–Crippen MR) is 132 cm³/mol. The number of nitrogens with one attached hydrogen (secondary N) is 1. The number of amides is 1. The Morgan fingerprint density at radius 1 is 1.14 bits per heavy atom. The van der Waals surface area contributed by atoms with E-state index in [9.17, 15) is 26.7 Å². The third kappa shape index (κ3) is 6.13. The number of ether oxygens (including phenoxy) is 1. The van der Waals surface area contributed by atoms with Crippen molar-refractivity contribution in [1.82, 2.24) is 9.21 Å². The number of aliphatic hydroxyl groups is 1. The lowest BCUT2D eigenvalue weighted by atomic mass is 9.99. The van der Waals surface area contributed by atoms with E-state index in [-0.39, 0.29) is 47.5 Å². The smallest absolute Gasteiger partial charge is 0.258 e. The van der Waals surface area contributed by atoms with E-state index in [4.69, 9.17) is 4.74 Å². The van der Waals surface area contributed by atoms with Gasteiger partial charge in [-0.15, -0.1) is 0 Å². The first-order valence-electron chi connectivity index (χ1n) is 11.1. The van der Waals surface area contributed by atoms with E-state index in [2.05, 4.69) is 4.72 Å². The first-order chi connectivity index (χ1) is 16.3. The van der Waals surface area contributed by atoms with Gasteiger partial charge < -0.3 is 14.7 Å². The molecule has 3 rings (SSSR count). The lowest BCUT2D eigenvalue weighted by Gasteiger charge is -2.38. The number of nitrogens with zero attached hydrogens (tertiary/aromatic N) is 2. The van der Waals surface area contributed by atoms with Crippen LogP contribution in [0.3, 0.4) is 0 Å². The normalized spacial score (nSPS) is 19.9. The molecule has 1 amide bonds. The summed E-state index contributed by atoms with van der Waals surface area (Å²) in [6, 6.07) is 12.0. The number of sulfonamides is 2. The zero-order chi connectivity index (χ0) is 26.0. The van der Waals surface area contributed by atoms with Gasteiger partial charge in [0, 0.05) is 19.5 Å². The minimum atomic E-state index is -3.82. The molecule has 10 nitrogen and oxygen atoms in total. The van der Waals surface area contributed by atoms with Gasteiger partial charge in [0.05, 0.1) is 41.6 Å². The van der Waals surface area contributed by atoms with Crippen LogP contribution >= 0.6 is 0 Å². The van der Waals surface area contributed by atoms with Gasteiger partial charge >= 0.3 is 0 Å². The first kappa shape index (κ1) is 26.9. The molecule has 2 aromatic carbocycles. The molecule has 1 aliphatic rings. The Kier molecular flexibility index (Phi) is 8.10. The van der Waals surface area contributed by atoms with Crippen LogP contribution < -0.4 is 9.46 Å². The van der Waals surface area contributed by atoms with Crippen molar-refractivity contribution in [2.24, 2.45) is 5.92 Å². The van der Waals surface area contributed by atoms with Crippen molar-refractivity contribution in [2.75, 3.05) is 37.7 Å². The largest absolute Gasteiger partial charge is 0.486 e. The topological polar surface area (TPSA) is 133 Å². The highest BCUT2D eigenvalue weighted by atomic mass is 32.2. The quantitative estimate of drug-likeness (QED) is 0.535. The van der Waals surface area contributed by atoms with Gasteiger partial charge in [0.15, 0.2) is 5.75 Å². The minimum Gasteiger partial charge on any atom is -0.486 e. The maximum Gasteiger partial charge on any atom is 0.258 e. The maximum atomic E-state index is 13.4. The summed E-state index contributed by atoms with van der Waals surface area (Å²) in [5.74, 6) is -0.768. The molecule has 0 saturated carbocycles. The molecule has 192 valence electrons. The molecule has 0 aliphatic carbocycles. The van der Waals surface area contributed by atoms with Crippen LogP contribution in [0.4, 0.5) is 5.69 Å². The number of rotatable bonds is 8. The molecule has 2 aromatic rings. The Balaban J connectivity index is 2.06. The molecule has 1 heterocycles. The van der Waals surface area contributed by atoms with E-state index >= 15 is 0 Å². The van der Waals surface area contributed by atoms with Crippen LogP contribution in [0.25, 0.3) is 0 Å². The van der Waals surface area contributed by atoms with Gasteiger partial charge in [0.25, 0.3) is 5.91 Å². The van der Waals surface area contributed by atoms with Gasteiger partial charge in [-0.1, -0.05) is 31.2 Å². The number of carbonyl (C=O) groups is 1. The molecule has 0 radical (unpaired) electrons. The summed E-state index contributed by atoms with van der Waals surface area (Å²) in [5, 5.41) is 9.75. The molecule has 2 N–H and O–H groups in total. The third-order valence-electron chi connectivity index (χ3n) is 5.87. The predicted octanol–water partition coefficient (Wildman–Crippen LogP) is 1.60. The van der Waals surface area contributed by atoms with Gasteiger partial charge in [-0.3, -0.25) is 9.52 Å². The van der Waals surface area contributed by atoms with Crippen molar-refractivity contribution in [3.63, 3.8) is 0 Å². The number of para-hydroxylation sites is 1. The maximum absolute atomic E-state index is 13.4. The first-order valence-corrected chi connectivity index (χ1v) is 14.4. The zero-order valence-electron chi connectivity index (χ0n) is 20.1. The summed E-state index contributed by atoms with van der Waals surface area (Å²) in [4.78, 5) is 15.0. The molecule has 0 saturated heterocycles. The summed E-state index contributed by atoms with van der Waals surface area (Å²) in [6.45, 7) is 3.39. The van der Waals surface area contributed by atoms with Crippen LogP contribution in [0.1, 0.15) is 24.2 Å². The highest BCUT2D eigenvalue weighted by Crippen LogP contribution is 2.35. The van der Waals surface area contributed by atoms with Crippen molar-refractivity contribution >= 4 is 31.6 Å². The molecular weight excluding hydrogens is 494 g/mol. The molecule has 0 fully saturated rings. The Morgan fingerprint density at radius 3 is 2.40 bits per heavy atom. The molecule has 35 heavy (non-hydrogen) atoms. The van der Waals surface area contributed by atoms with E-state index in [1.54, 1.807) is 25.1 Å². The van der Waals surface area contributed by atoms with Gasteiger partial charge in [-0.05, 0) is 31.2 Å². The van der Waals surface area contributed by atoms with Crippen molar-refractivity contribution in [2.45, 2.75) is 30.9 Å². The number of carbonyl (C=O) groups excluding carboxylic acids is 1. The minimum absolute atomic E-state index is 0.0140. The van der Waals surface area contributed by atoms with Gasteiger partial charge in [-0.25, -0.2) is 16.8 Å². The highest BCUT2D eigenvalue weighted by Gasteiger charge is 2.36. The summed E-state index contributed by atoms with van der Waals surface area (Å²) in [6.07, 6.45) is 0.249. The van der Waals surface area contributed by atoms with Crippen molar-refractivity contribution < 1.29 is 31.5 Å². The number of anilines is 1. The lowest BCUT2D eigenvalue weighted by Crippen LogP contribution is -2.50. The van der Waals surface area contributed by atoms with E-state index in [0.29, 0.717) is 0 Å². The van der Waals surface area contributed by atoms with Gasteiger partial charge in [0.2, 0.25) is 20.0 Å². The van der Waals surface area contributed by atoms with Crippen molar-refractivity contribution in [3.05, 3.63) is 54.1 Å². The number of hydrogen-bond acceptors (Lipinski definition) is 7. The molecule has 0 spiro atoms. The fourth-order valence-electron chi connectivity index (χ4n) is 3.87. The Bertz CT molecular complexity index is 1270. The molecule has 1 aliphatic heterocycles. The molecule has 12 heteroatoms. The lowest BCUT2D eigenvalue weighted by molar-refractivity contribution is 0.0389. The van der Waals surface area contributed by atoms with Crippen LogP contribution in [0, 0.1) is 5.92 Å². The summed E-state index contributed by atoms with van der Waals surface area (Å²) in [5.41, 5.74) is 0.187. The second kappa shape index (κ2) is 10.5.